The van der Waals surface area contributed by atoms with Crippen LogP contribution in [0.5, 0.6) is 0 Å². The predicted molar refractivity (Wildman–Crippen MR) is 118 cm³/mol. The van der Waals surface area contributed by atoms with Gasteiger partial charge in [0.1, 0.15) is 5.82 Å². The molecule has 0 aliphatic carbocycles. The zero-order valence-corrected chi connectivity index (χ0v) is 17.6. The van der Waals surface area contributed by atoms with Crippen LogP contribution < -0.4 is 10.6 Å². The Bertz CT molecular complexity index is 1220. The molecule has 0 aliphatic rings. The summed E-state index contributed by atoms with van der Waals surface area (Å²) in [6.45, 7) is 1.99. The van der Waals surface area contributed by atoms with E-state index in [1.54, 1.807) is 5.38 Å². The van der Waals surface area contributed by atoms with E-state index in [0.29, 0.717) is 27.9 Å². The van der Waals surface area contributed by atoms with Gasteiger partial charge in [0.15, 0.2) is 10.3 Å². The van der Waals surface area contributed by atoms with Crippen molar-refractivity contribution < 1.29 is 14.0 Å². The van der Waals surface area contributed by atoms with Gasteiger partial charge < -0.3 is 5.32 Å². The monoisotopic (exact) mass is 440 g/mol. The maximum Gasteiger partial charge on any atom is 0.257 e. The van der Waals surface area contributed by atoms with Crippen molar-refractivity contribution in [2.45, 2.75) is 19.8 Å². The minimum atomic E-state index is -0.401. The van der Waals surface area contributed by atoms with Gasteiger partial charge in [0.2, 0.25) is 5.91 Å². The Morgan fingerprint density at radius 1 is 1.03 bits per heavy atom. The van der Waals surface area contributed by atoms with Gasteiger partial charge in [-0.05, 0) is 49.2 Å². The number of benzene rings is 2. The number of hydrogen-bond acceptors (Lipinski definition) is 6. The van der Waals surface area contributed by atoms with Crippen molar-refractivity contribution in [1.29, 1.82) is 0 Å². The molecule has 2 amide bonds. The molecule has 0 fully saturated rings. The number of aromatic nitrogens is 2. The van der Waals surface area contributed by atoms with Crippen molar-refractivity contribution in [3.63, 3.8) is 0 Å². The number of nitrogens with zero attached hydrogens (tertiary/aromatic N) is 2. The normalized spacial score (nSPS) is 10.9. The summed E-state index contributed by atoms with van der Waals surface area (Å²) in [5.41, 5.74) is 3.03. The maximum atomic E-state index is 13.0. The molecule has 4 rings (SSSR count). The zero-order valence-electron chi connectivity index (χ0n) is 15.9. The van der Waals surface area contributed by atoms with Crippen LogP contribution in [-0.4, -0.2) is 21.8 Å². The number of rotatable bonds is 6. The highest BCUT2D eigenvalue weighted by atomic mass is 32.1. The van der Waals surface area contributed by atoms with Crippen molar-refractivity contribution in [2.24, 2.45) is 0 Å². The summed E-state index contributed by atoms with van der Waals surface area (Å²) in [7, 11) is 0. The van der Waals surface area contributed by atoms with Gasteiger partial charge in [-0.3, -0.25) is 14.9 Å². The molecule has 2 N–H and O–H groups in total. The highest BCUT2D eigenvalue weighted by Crippen LogP contribution is 2.28. The molecule has 0 spiro atoms. The van der Waals surface area contributed by atoms with Crippen LogP contribution in [0.2, 0.25) is 0 Å². The van der Waals surface area contributed by atoms with Crippen molar-refractivity contribution in [3.8, 4) is 0 Å². The first-order valence-corrected chi connectivity index (χ1v) is 10.8. The molecule has 152 valence electrons. The van der Waals surface area contributed by atoms with Crippen LogP contribution in [0.25, 0.3) is 10.2 Å². The molecule has 0 saturated heterocycles. The lowest BCUT2D eigenvalue weighted by atomic mass is 10.2. The van der Waals surface area contributed by atoms with E-state index in [4.69, 9.17) is 0 Å². The van der Waals surface area contributed by atoms with E-state index in [1.165, 1.54) is 46.9 Å². The first-order chi connectivity index (χ1) is 14.5. The summed E-state index contributed by atoms with van der Waals surface area (Å²) in [6, 6.07) is 11.2. The number of anilines is 2. The lowest BCUT2D eigenvalue weighted by molar-refractivity contribution is -0.116. The van der Waals surface area contributed by atoms with Crippen molar-refractivity contribution >= 4 is 55.0 Å². The highest BCUT2D eigenvalue weighted by Gasteiger charge is 2.12. The van der Waals surface area contributed by atoms with Crippen LogP contribution in [0.1, 0.15) is 28.0 Å². The van der Waals surface area contributed by atoms with Gasteiger partial charge in [0.25, 0.3) is 5.91 Å². The van der Waals surface area contributed by atoms with Gasteiger partial charge >= 0.3 is 0 Å². The zero-order chi connectivity index (χ0) is 21.1. The molecule has 0 saturated carbocycles. The molecule has 2 heterocycles. The molecule has 2 aromatic carbocycles. The lowest BCUT2D eigenvalue weighted by Gasteiger charge is -2.01. The largest absolute Gasteiger partial charge is 0.302 e. The number of nitrogens with one attached hydrogen (secondary N) is 2. The summed E-state index contributed by atoms with van der Waals surface area (Å²) in [5, 5.41) is 8.33. The second kappa shape index (κ2) is 8.68. The van der Waals surface area contributed by atoms with E-state index >= 15 is 0 Å². The molecule has 4 aromatic rings. The van der Waals surface area contributed by atoms with E-state index in [0.717, 1.165) is 15.8 Å². The Morgan fingerprint density at radius 2 is 1.83 bits per heavy atom. The van der Waals surface area contributed by atoms with Gasteiger partial charge in [0.05, 0.1) is 15.9 Å². The van der Waals surface area contributed by atoms with E-state index in [-0.39, 0.29) is 18.2 Å². The standard InChI is InChI=1S/C21H17FN4O2S2/c1-12-3-2-4-16-18(12)25-21(30-16)24-17(27)10-9-15-11-29-20(23-15)26-19(28)13-5-7-14(22)8-6-13/h2-8,11H,9-10H2,1H3,(H,23,26,28)(H,24,25,27). The van der Waals surface area contributed by atoms with Gasteiger partial charge in [-0.15, -0.1) is 11.3 Å². The number of thiazole rings is 2. The van der Waals surface area contributed by atoms with Crippen LogP contribution in [-0.2, 0) is 11.2 Å². The van der Waals surface area contributed by atoms with Crippen LogP contribution in [0.15, 0.2) is 47.8 Å². The van der Waals surface area contributed by atoms with Crippen molar-refractivity contribution in [3.05, 3.63) is 70.5 Å². The Hall–Kier alpha value is -3.17. The van der Waals surface area contributed by atoms with E-state index < -0.39 is 5.82 Å². The van der Waals surface area contributed by atoms with Crippen LogP contribution in [0, 0.1) is 12.7 Å². The first-order valence-electron chi connectivity index (χ1n) is 9.15. The first kappa shape index (κ1) is 20.1. The summed E-state index contributed by atoms with van der Waals surface area (Å²) in [4.78, 5) is 33.3. The summed E-state index contributed by atoms with van der Waals surface area (Å²) in [5.74, 6) is -0.904. The minimum Gasteiger partial charge on any atom is -0.302 e. The molecule has 9 heteroatoms. The van der Waals surface area contributed by atoms with Crippen molar-refractivity contribution in [1.82, 2.24) is 9.97 Å². The molecule has 0 radical (unpaired) electrons. The molecule has 0 bridgehead atoms. The molecule has 2 aromatic heterocycles. The topological polar surface area (TPSA) is 84.0 Å². The molecule has 0 unspecified atom stereocenters. The fraction of sp³-hybridized carbons (Fsp3) is 0.143. The fourth-order valence-corrected chi connectivity index (χ4v) is 4.51. The van der Waals surface area contributed by atoms with E-state index in [9.17, 15) is 14.0 Å². The average molecular weight is 441 g/mol. The third-order valence-electron chi connectivity index (χ3n) is 4.35. The molecule has 0 aliphatic heterocycles. The SMILES string of the molecule is Cc1cccc2sc(NC(=O)CCc3csc(NC(=O)c4ccc(F)cc4)n3)nc12. The molecule has 30 heavy (non-hydrogen) atoms. The highest BCUT2D eigenvalue weighted by molar-refractivity contribution is 7.22. The van der Waals surface area contributed by atoms with Gasteiger partial charge in [0, 0.05) is 17.4 Å². The number of hydrogen-bond donors (Lipinski definition) is 2. The summed E-state index contributed by atoms with van der Waals surface area (Å²) < 4.78 is 14.0. The predicted octanol–water partition coefficient (Wildman–Crippen LogP) is 5.02. The van der Waals surface area contributed by atoms with Gasteiger partial charge in [-0.2, -0.15) is 0 Å². The molecular weight excluding hydrogens is 423 g/mol. The molecule has 6 nitrogen and oxygen atoms in total. The Balaban J connectivity index is 1.31. The van der Waals surface area contributed by atoms with E-state index in [1.807, 2.05) is 25.1 Å². The quantitative estimate of drug-likeness (QED) is 0.441. The van der Waals surface area contributed by atoms with Crippen LogP contribution >= 0.6 is 22.7 Å². The molecular formula is C21H17FN4O2S2. The second-order valence-corrected chi connectivity index (χ2v) is 8.48. The Labute approximate surface area is 179 Å². The minimum absolute atomic E-state index is 0.142. The van der Waals surface area contributed by atoms with Crippen molar-refractivity contribution in [2.75, 3.05) is 10.6 Å². The maximum absolute atomic E-state index is 13.0. The van der Waals surface area contributed by atoms with E-state index in [2.05, 4.69) is 20.6 Å². The number of carbonyl (C=O) groups is 2. The Kier molecular flexibility index (Phi) is 5.82. The number of fused-ring (bicyclic) bond motifs is 1. The third-order valence-corrected chi connectivity index (χ3v) is 6.10. The molecule has 0 atom stereocenters. The van der Waals surface area contributed by atoms with Gasteiger partial charge in [-0.25, -0.2) is 14.4 Å². The third kappa shape index (κ3) is 4.69. The van der Waals surface area contributed by atoms with Gasteiger partial charge in [-0.1, -0.05) is 23.5 Å². The second-order valence-electron chi connectivity index (χ2n) is 6.59. The smallest absolute Gasteiger partial charge is 0.257 e. The lowest BCUT2D eigenvalue weighted by Crippen LogP contribution is -2.13. The number of halogens is 1. The average Bonchev–Trinajstić information content (AvgIpc) is 3.34. The fourth-order valence-electron chi connectivity index (χ4n) is 2.81. The summed E-state index contributed by atoms with van der Waals surface area (Å²) >= 11 is 2.72. The number of carbonyl (C=O) groups excluding carboxylic acids is 2. The van der Waals surface area contributed by atoms with Crippen LogP contribution in [0.4, 0.5) is 14.7 Å². The number of aryl methyl sites for hydroxylation is 2. The number of para-hydroxylation sites is 1. The number of amides is 2. The summed E-state index contributed by atoms with van der Waals surface area (Å²) in [6.07, 6.45) is 0.697. The Morgan fingerprint density at radius 3 is 2.60 bits per heavy atom. The van der Waals surface area contributed by atoms with Crippen LogP contribution in [0.3, 0.4) is 0 Å².